The molecule has 0 saturated carbocycles. The van der Waals surface area contributed by atoms with Crippen LogP contribution in [0.5, 0.6) is 0 Å². The molecule has 1 aromatic rings. The second kappa shape index (κ2) is 5.25. The van der Waals surface area contributed by atoms with Crippen LogP contribution in [0.3, 0.4) is 0 Å². The number of rotatable bonds is 4. The SMILES string of the molecule is CC(C)(CC(=O)O)NC(=O)c1cc(Cl)sc1Cl. The zero-order valence-electron chi connectivity index (χ0n) is 9.21. The molecule has 7 heteroatoms. The maximum Gasteiger partial charge on any atom is 0.305 e. The third-order valence-corrected chi connectivity index (χ3v) is 3.43. The molecule has 0 aliphatic rings. The van der Waals surface area contributed by atoms with Crippen molar-refractivity contribution in [3.05, 3.63) is 20.3 Å². The zero-order valence-corrected chi connectivity index (χ0v) is 11.5. The molecule has 1 heterocycles. The Balaban J connectivity index is 2.79. The molecule has 4 nitrogen and oxygen atoms in total. The van der Waals surface area contributed by atoms with Crippen molar-refractivity contribution in [2.24, 2.45) is 0 Å². The number of thiophene rings is 1. The highest BCUT2D eigenvalue weighted by molar-refractivity contribution is 7.20. The summed E-state index contributed by atoms with van der Waals surface area (Å²) in [6, 6.07) is 1.46. The Morgan fingerprint density at radius 3 is 2.47 bits per heavy atom. The molecule has 1 amide bonds. The fourth-order valence-corrected chi connectivity index (χ4v) is 2.75. The number of nitrogens with one attached hydrogen (secondary N) is 1. The molecular weight excluding hydrogens is 285 g/mol. The van der Waals surface area contributed by atoms with Crippen LogP contribution in [-0.2, 0) is 4.79 Å². The average molecular weight is 296 g/mol. The predicted octanol–water partition coefficient (Wildman–Crippen LogP) is 3.04. The van der Waals surface area contributed by atoms with Crippen molar-refractivity contribution >= 4 is 46.4 Å². The van der Waals surface area contributed by atoms with Gasteiger partial charge in [0.2, 0.25) is 0 Å². The van der Waals surface area contributed by atoms with Gasteiger partial charge in [0, 0.05) is 5.54 Å². The van der Waals surface area contributed by atoms with E-state index in [9.17, 15) is 9.59 Å². The predicted molar refractivity (Wildman–Crippen MR) is 68.1 cm³/mol. The molecule has 0 radical (unpaired) electrons. The Morgan fingerprint density at radius 2 is 2.06 bits per heavy atom. The number of amides is 1. The number of hydrogen-bond donors (Lipinski definition) is 2. The van der Waals surface area contributed by atoms with Crippen LogP contribution in [0.2, 0.25) is 8.67 Å². The molecule has 0 aliphatic heterocycles. The molecule has 17 heavy (non-hydrogen) atoms. The minimum Gasteiger partial charge on any atom is -0.481 e. The summed E-state index contributed by atoms with van der Waals surface area (Å²) in [7, 11) is 0. The van der Waals surface area contributed by atoms with E-state index in [-0.39, 0.29) is 12.0 Å². The summed E-state index contributed by atoms with van der Waals surface area (Å²) in [5.41, 5.74) is -0.583. The Bertz CT molecular complexity index is 456. The third kappa shape index (κ3) is 4.18. The van der Waals surface area contributed by atoms with Crippen LogP contribution in [0.25, 0.3) is 0 Å². The average Bonchev–Trinajstić information content (AvgIpc) is 2.41. The highest BCUT2D eigenvalue weighted by Crippen LogP contribution is 2.31. The van der Waals surface area contributed by atoms with Crippen molar-refractivity contribution in [3.63, 3.8) is 0 Å². The van der Waals surface area contributed by atoms with Gasteiger partial charge in [0.1, 0.15) is 4.34 Å². The van der Waals surface area contributed by atoms with Gasteiger partial charge in [0.25, 0.3) is 5.91 Å². The fourth-order valence-electron chi connectivity index (χ4n) is 1.29. The summed E-state index contributed by atoms with van der Waals surface area (Å²) in [4.78, 5) is 22.4. The van der Waals surface area contributed by atoms with E-state index in [0.717, 1.165) is 11.3 Å². The number of halogens is 2. The van der Waals surface area contributed by atoms with E-state index in [1.54, 1.807) is 13.8 Å². The van der Waals surface area contributed by atoms with Gasteiger partial charge in [0.15, 0.2) is 0 Å². The standard InChI is InChI=1S/C10H11Cl2NO3S/c1-10(2,4-7(14)15)13-9(16)5-3-6(11)17-8(5)12/h3H,4H2,1-2H3,(H,13,16)(H,14,15). The normalized spacial score (nSPS) is 11.3. The van der Waals surface area contributed by atoms with Gasteiger partial charge in [-0.1, -0.05) is 23.2 Å². The first kappa shape index (κ1) is 14.3. The molecule has 94 valence electrons. The number of aliphatic carboxylic acids is 1. The Hall–Kier alpha value is -0.780. The lowest BCUT2D eigenvalue weighted by molar-refractivity contribution is -0.138. The summed E-state index contributed by atoms with van der Waals surface area (Å²) < 4.78 is 0.704. The van der Waals surface area contributed by atoms with Gasteiger partial charge in [-0.25, -0.2) is 0 Å². The van der Waals surface area contributed by atoms with Gasteiger partial charge in [-0.3, -0.25) is 9.59 Å². The molecule has 0 atom stereocenters. The van der Waals surface area contributed by atoms with Crippen molar-refractivity contribution < 1.29 is 14.7 Å². The van der Waals surface area contributed by atoms with Gasteiger partial charge in [-0.2, -0.15) is 0 Å². The summed E-state index contributed by atoms with van der Waals surface area (Å²) in [5.74, 6) is -1.41. The van der Waals surface area contributed by atoms with Crippen molar-refractivity contribution in [2.75, 3.05) is 0 Å². The molecule has 0 aromatic carbocycles. The van der Waals surface area contributed by atoms with Crippen LogP contribution < -0.4 is 5.32 Å². The lowest BCUT2D eigenvalue weighted by atomic mass is 10.0. The fraction of sp³-hybridized carbons (Fsp3) is 0.400. The molecule has 1 rings (SSSR count). The van der Waals surface area contributed by atoms with Crippen LogP contribution in [0.4, 0.5) is 0 Å². The first-order valence-corrected chi connectivity index (χ1v) is 6.27. The molecule has 0 fully saturated rings. The Kier molecular flexibility index (Phi) is 4.41. The van der Waals surface area contributed by atoms with E-state index in [2.05, 4.69) is 5.32 Å². The van der Waals surface area contributed by atoms with Crippen molar-refractivity contribution in [1.29, 1.82) is 0 Å². The number of carboxylic acid groups (broad SMARTS) is 1. The first-order valence-electron chi connectivity index (χ1n) is 4.70. The van der Waals surface area contributed by atoms with Crippen LogP contribution in [0, 0.1) is 0 Å². The summed E-state index contributed by atoms with van der Waals surface area (Å²) in [5, 5.41) is 11.3. The zero-order chi connectivity index (χ0) is 13.2. The van der Waals surface area contributed by atoms with E-state index < -0.39 is 17.4 Å². The smallest absolute Gasteiger partial charge is 0.305 e. The molecular formula is C10H11Cl2NO3S. The second-order valence-corrected chi connectivity index (χ2v) is 6.43. The van der Waals surface area contributed by atoms with Gasteiger partial charge in [-0.05, 0) is 19.9 Å². The maximum atomic E-state index is 11.8. The second-order valence-electron chi connectivity index (χ2n) is 4.15. The van der Waals surface area contributed by atoms with Crippen molar-refractivity contribution in [1.82, 2.24) is 5.32 Å². The molecule has 2 N–H and O–H groups in total. The highest BCUT2D eigenvalue weighted by atomic mass is 35.5. The molecule has 0 saturated heterocycles. The van der Waals surface area contributed by atoms with Gasteiger partial charge in [0.05, 0.1) is 16.3 Å². The largest absolute Gasteiger partial charge is 0.481 e. The van der Waals surface area contributed by atoms with E-state index in [1.807, 2.05) is 0 Å². The van der Waals surface area contributed by atoms with Gasteiger partial charge in [-0.15, -0.1) is 11.3 Å². The Labute approximate surface area is 113 Å². The highest BCUT2D eigenvalue weighted by Gasteiger charge is 2.26. The minimum absolute atomic E-state index is 0.172. The Morgan fingerprint density at radius 1 is 1.47 bits per heavy atom. The monoisotopic (exact) mass is 295 g/mol. The summed E-state index contributed by atoms with van der Waals surface area (Å²) in [6.07, 6.45) is -0.172. The molecule has 0 spiro atoms. The minimum atomic E-state index is -0.982. The van der Waals surface area contributed by atoms with Gasteiger partial charge >= 0.3 is 5.97 Å². The van der Waals surface area contributed by atoms with Crippen LogP contribution in [-0.4, -0.2) is 22.5 Å². The summed E-state index contributed by atoms with van der Waals surface area (Å²) in [6.45, 7) is 3.25. The third-order valence-electron chi connectivity index (χ3n) is 1.95. The number of hydrogen-bond acceptors (Lipinski definition) is 3. The molecule has 0 unspecified atom stereocenters. The van der Waals surface area contributed by atoms with Crippen LogP contribution >= 0.6 is 34.5 Å². The molecule has 0 bridgehead atoms. The van der Waals surface area contributed by atoms with Crippen molar-refractivity contribution in [2.45, 2.75) is 25.8 Å². The lowest BCUT2D eigenvalue weighted by Gasteiger charge is -2.24. The lowest BCUT2D eigenvalue weighted by Crippen LogP contribution is -2.44. The maximum absolute atomic E-state index is 11.8. The quantitative estimate of drug-likeness (QED) is 0.897. The van der Waals surface area contributed by atoms with Crippen molar-refractivity contribution in [3.8, 4) is 0 Å². The van der Waals surface area contributed by atoms with Crippen LogP contribution in [0.15, 0.2) is 6.07 Å². The van der Waals surface area contributed by atoms with E-state index in [4.69, 9.17) is 28.3 Å². The number of carbonyl (C=O) groups excluding carboxylic acids is 1. The number of carbonyl (C=O) groups is 2. The first-order chi connectivity index (χ1) is 7.71. The molecule has 0 aliphatic carbocycles. The van der Waals surface area contributed by atoms with E-state index >= 15 is 0 Å². The summed E-state index contributed by atoms with van der Waals surface area (Å²) >= 11 is 12.6. The van der Waals surface area contributed by atoms with Crippen LogP contribution in [0.1, 0.15) is 30.6 Å². The molecule has 1 aromatic heterocycles. The number of carboxylic acids is 1. The van der Waals surface area contributed by atoms with Gasteiger partial charge < -0.3 is 10.4 Å². The van der Waals surface area contributed by atoms with E-state index in [1.165, 1.54) is 6.07 Å². The van der Waals surface area contributed by atoms with E-state index in [0.29, 0.717) is 8.67 Å². The topological polar surface area (TPSA) is 66.4 Å².